The predicted molar refractivity (Wildman–Crippen MR) is 214 cm³/mol. The number of aliphatic hydroxyl groups is 1. The van der Waals surface area contributed by atoms with Crippen LogP contribution in [0.4, 0.5) is 0 Å². The van der Waals surface area contributed by atoms with Gasteiger partial charge in [0, 0.05) is 45.2 Å². The number of aliphatic hydroxyl groups excluding tert-OH is 1. The van der Waals surface area contributed by atoms with Crippen molar-refractivity contribution in [2.75, 3.05) is 13.1 Å². The summed E-state index contributed by atoms with van der Waals surface area (Å²) in [6, 6.07) is 20.9. The first kappa shape index (κ1) is 42.5. The molecule has 304 valence electrons. The van der Waals surface area contributed by atoms with Crippen molar-refractivity contribution in [1.29, 1.82) is 0 Å². The van der Waals surface area contributed by atoms with E-state index in [9.17, 15) is 33.9 Å². The fourth-order valence-corrected chi connectivity index (χ4v) is 7.17. The fourth-order valence-electron chi connectivity index (χ4n) is 7.17. The van der Waals surface area contributed by atoms with Crippen molar-refractivity contribution in [3.05, 3.63) is 107 Å². The number of hydrogen-bond donors (Lipinski definition) is 8. The van der Waals surface area contributed by atoms with Crippen molar-refractivity contribution < 1.29 is 33.9 Å². The normalized spacial score (nSPS) is 25.0. The number of amides is 6. The van der Waals surface area contributed by atoms with E-state index in [1.54, 1.807) is 0 Å². The van der Waals surface area contributed by atoms with Crippen LogP contribution in [0.5, 0.6) is 0 Å². The third-order valence-corrected chi connectivity index (χ3v) is 10.4. The molecule has 3 aromatic rings. The molecule has 14 heteroatoms. The molecule has 0 saturated carbocycles. The van der Waals surface area contributed by atoms with Crippen LogP contribution >= 0.6 is 0 Å². The van der Waals surface area contributed by atoms with E-state index in [1.165, 1.54) is 0 Å². The van der Waals surface area contributed by atoms with Crippen molar-refractivity contribution in [2.45, 2.75) is 107 Å². The lowest BCUT2D eigenvalue weighted by molar-refractivity contribution is -0.134. The number of benzene rings is 3. The summed E-state index contributed by atoms with van der Waals surface area (Å²) < 4.78 is 0. The number of nitrogens with two attached hydrogens (primary N) is 1. The molecule has 9 N–H and O–H groups in total. The van der Waals surface area contributed by atoms with Crippen LogP contribution in [0.1, 0.15) is 79.7 Å². The van der Waals surface area contributed by atoms with Crippen molar-refractivity contribution in [1.82, 2.24) is 31.9 Å². The van der Waals surface area contributed by atoms with Crippen LogP contribution in [0.3, 0.4) is 0 Å². The van der Waals surface area contributed by atoms with Gasteiger partial charge >= 0.3 is 0 Å². The Hall–Kier alpha value is -5.60. The largest absolute Gasteiger partial charge is 0.390 e. The average molecular weight is 782 g/mol. The lowest BCUT2D eigenvalue weighted by Crippen LogP contribution is -2.59. The molecular formula is C43H55N7O7. The van der Waals surface area contributed by atoms with E-state index in [2.05, 4.69) is 31.9 Å². The number of hydrogen-bond acceptors (Lipinski definition) is 8. The third kappa shape index (κ3) is 13.2. The molecule has 0 bridgehead atoms. The fraction of sp³-hybridized carbons (Fsp3) is 0.442. The molecule has 2 aliphatic rings. The number of carbonyl (C=O) groups is 6. The van der Waals surface area contributed by atoms with Gasteiger partial charge < -0.3 is 42.7 Å². The zero-order valence-electron chi connectivity index (χ0n) is 32.2. The molecule has 1 aliphatic carbocycles. The Kier molecular flexibility index (Phi) is 16.1. The van der Waals surface area contributed by atoms with Crippen LogP contribution < -0.4 is 37.6 Å². The first-order valence-electron chi connectivity index (χ1n) is 19.9. The highest BCUT2D eigenvalue weighted by Gasteiger charge is 2.35. The van der Waals surface area contributed by atoms with Gasteiger partial charge in [0.25, 0.3) is 0 Å². The SMILES string of the molecule is N[C@H]1CCCCNC(=O)CCC(=O)NCCCC[C@@H](C(=O)N[C@H]2c3ccccc3C[C@H]2O)NC(=O)[C@H](Cc2ccccc2)NC(=O)[C@H](Cc2ccccc2)NC1=O. The second-order valence-electron chi connectivity index (χ2n) is 14.8. The Morgan fingerprint density at radius 1 is 0.649 bits per heavy atom. The minimum Gasteiger partial charge on any atom is -0.390 e. The van der Waals surface area contributed by atoms with E-state index >= 15 is 0 Å². The molecule has 1 aliphatic heterocycles. The van der Waals surface area contributed by atoms with E-state index in [-0.39, 0.29) is 43.9 Å². The summed E-state index contributed by atoms with van der Waals surface area (Å²) in [5, 5.41) is 28.0. The molecule has 1 heterocycles. The van der Waals surface area contributed by atoms with Crippen LogP contribution in [0.2, 0.25) is 0 Å². The first-order chi connectivity index (χ1) is 27.6. The molecule has 57 heavy (non-hydrogen) atoms. The van der Waals surface area contributed by atoms with Crippen LogP contribution in [0.15, 0.2) is 84.9 Å². The Morgan fingerprint density at radius 2 is 1.16 bits per heavy atom. The summed E-state index contributed by atoms with van der Waals surface area (Å²) in [5.74, 6) is -2.79. The lowest BCUT2D eigenvalue weighted by atomic mass is 10.0. The van der Waals surface area contributed by atoms with Gasteiger partial charge in [-0.3, -0.25) is 28.8 Å². The summed E-state index contributed by atoms with van der Waals surface area (Å²) in [6.07, 6.45) is 2.28. The third-order valence-electron chi connectivity index (χ3n) is 10.4. The van der Waals surface area contributed by atoms with E-state index in [0.29, 0.717) is 51.6 Å². The molecule has 6 atom stereocenters. The van der Waals surface area contributed by atoms with E-state index in [1.807, 2.05) is 84.9 Å². The van der Waals surface area contributed by atoms with Gasteiger partial charge in [-0.2, -0.15) is 0 Å². The van der Waals surface area contributed by atoms with Crippen LogP contribution in [0.25, 0.3) is 0 Å². The van der Waals surface area contributed by atoms with E-state index < -0.39 is 59.9 Å². The smallest absolute Gasteiger partial charge is 0.243 e. The van der Waals surface area contributed by atoms with Gasteiger partial charge in [-0.25, -0.2) is 0 Å². The van der Waals surface area contributed by atoms with Gasteiger partial charge in [-0.05, 0) is 60.8 Å². The summed E-state index contributed by atoms with van der Waals surface area (Å²) >= 11 is 0. The maximum Gasteiger partial charge on any atom is 0.243 e. The molecule has 14 nitrogen and oxygen atoms in total. The van der Waals surface area contributed by atoms with Gasteiger partial charge in [-0.15, -0.1) is 0 Å². The Labute approximate surface area is 333 Å². The van der Waals surface area contributed by atoms with Crippen LogP contribution in [-0.2, 0) is 48.0 Å². The number of nitrogens with one attached hydrogen (secondary N) is 6. The average Bonchev–Trinajstić information content (AvgIpc) is 3.52. The molecule has 0 radical (unpaired) electrons. The van der Waals surface area contributed by atoms with Crippen molar-refractivity contribution in [3.63, 3.8) is 0 Å². The zero-order chi connectivity index (χ0) is 40.6. The second-order valence-corrected chi connectivity index (χ2v) is 14.8. The van der Waals surface area contributed by atoms with Crippen LogP contribution in [-0.4, -0.2) is 83.9 Å². The number of carbonyl (C=O) groups excluding carboxylic acids is 6. The summed E-state index contributed by atoms with van der Waals surface area (Å²) in [6.45, 7) is 0.665. The molecule has 1 saturated heterocycles. The number of rotatable bonds is 6. The van der Waals surface area contributed by atoms with Crippen molar-refractivity contribution >= 4 is 35.4 Å². The minimum atomic E-state index is -1.14. The lowest BCUT2D eigenvalue weighted by Gasteiger charge is -2.27. The summed E-state index contributed by atoms with van der Waals surface area (Å²) in [5.41, 5.74) is 9.53. The van der Waals surface area contributed by atoms with Gasteiger partial charge in [0.1, 0.15) is 18.1 Å². The summed E-state index contributed by atoms with van der Waals surface area (Å²) in [4.78, 5) is 80.6. The zero-order valence-corrected chi connectivity index (χ0v) is 32.2. The monoisotopic (exact) mass is 781 g/mol. The van der Waals surface area contributed by atoms with Gasteiger partial charge in [0.2, 0.25) is 35.4 Å². The second kappa shape index (κ2) is 21.6. The summed E-state index contributed by atoms with van der Waals surface area (Å²) in [7, 11) is 0. The highest BCUT2D eigenvalue weighted by molar-refractivity contribution is 5.95. The highest BCUT2D eigenvalue weighted by atomic mass is 16.3. The molecule has 0 unspecified atom stereocenters. The van der Waals surface area contributed by atoms with E-state index in [0.717, 1.165) is 22.3 Å². The van der Waals surface area contributed by atoms with Crippen LogP contribution in [0, 0.1) is 0 Å². The Balaban J connectivity index is 1.40. The van der Waals surface area contributed by atoms with Gasteiger partial charge in [0.15, 0.2) is 0 Å². The molecule has 0 spiro atoms. The van der Waals surface area contributed by atoms with Gasteiger partial charge in [0.05, 0.1) is 18.2 Å². The minimum absolute atomic E-state index is 0.0157. The predicted octanol–water partition coefficient (Wildman–Crippen LogP) is 1.39. The Morgan fingerprint density at radius 3 is 1.75 bits per heavy atom. The first-order valence-corrected chi connectivity index (χ1v) is 19.9. The molecule has 0 aromatic heterocycles. The van der Waals surface area contributed by atoms with Crippen molar-refractivity contribution in [3.8, 4) is 0 Å². The Bertz CT molecular complexity index is 1830. The quantitative estimate of drug-likeness (QED) is 0.182. The maximum absolute atomic E-state index is 14.3. The number of fused-ring (bicyclic) bond motifs is 1. The highest BCUT2D eigenvalue weighted by Crippen LogP contribution is 2.31. The molecule has 3 aromatic carbocycles. The maximum atomic E-state index is 14.3. The molecule has 1 fully saturated rings. The molecular weight excluding hydrogens is 727 g/mol. The molecule has 6 amide bonds. The van der Waals surface area contributed by atoms with E-state index in [4.69, 9.17) is 5.73 Å². The van der Waals surface area contributed by atoms with Gasteiger partial charge in [-0.1, -0.05) is 84.9 Å². The van der Waals surface area contributed by atoms with Crippen molar-refractivity contribution in [2.24, 2.45) is 5.73 Å². The molecule has 5 rings (SSSR count). The topological polar surface area (TPSA) is 221 Å². The standard InChI is InChI=1S/C43H55N7O7/c44-32-19-9-11-23-45-37(52)21-22-38(53)46-24-12-10-20-33(41(55)50-39-31-18-8-7-17-30(31)27-36(39)51)47-42(56)35(26-29-15-5-2-6-16-29)49-43(57)34(48-40(32)54)25-28-13-3-1-4-14-28/h1-8,13-18,32-36,39,51H,9-12,19-27,44H2,(H,45,52)(H,46,53)(H,47,56)(H,48,54)(H,49,57)(H,50,55)/t32-,33-,34-,35-,36+,39-/m0/s1.